The van der Waals surface area contributed by atoms with Crippen LogP contribution in [0.4, 0.5) is 5.95 Å². The Morgan fingerprint density at radius 1 is 1.60 bits per heavy atom. The number of carbonyl (C=O) groups is 2. The highest BCUT2D eigenvalue weighted by Gasteiger charge is 2.09. The van der Waals surface area contributed by atoms with Crippen molar-refractivity contribution in [2.45, 2.75) is 6.92 Å². The van der Waals surface area contributed by atoms with Gasteiger partial charge in [0.05, 0.1) is 17.8 Å². The Balaban J connectivity index is 2.82. The van der Waals surface area contributed by atoms with Crippen LogP contribution in [0.3, 0.4) is 0 Å². The predicted octanol–water partition coefficient (Wildman–Crippen LogP) is -0.620. The average molecular weight is 210 g/mol. The average Bonchev–Trinajstić information content (AvgIpc) is 2.14. The molecule has 0 fully saturated rings. The number of carbonyl (C=O) groups excluding carboxylic acids is 1. The normalized spacial score (nSPS) is 9.67. The van der Waals surface area contributed by atoms with Gasteiger partial charge >= 0.3 is 5.97 Å². The molecular weight excluding hydrogens is 200 g/mol. The Bertz CT molecular complexity index is 405. The minimum atomic E-state index is -1.09. The molecule has 0 aliphatic heterocycles. The fraction of sp³-hybridized carbons (Fsp3) is 0.250. The number of primary amides is 1. The summed E-state index contributed by atoms with van der Waals surface area (Å²) in [5, 5.41) is 11.3. The van der Waals surface area contributed by atoms with E-state index in [4.69, 9.17) is 10.8 Å². The van der Waals surface area contributed by atoms with Crippen LogP contribution in [0.2, 0.25) is 0 Å². The first-order valence-electron chi connectivity index (χ1n) is 4.10. The first kappa shape index (κ1) is 10.9. The Hall–Kier alpha value is -2.18. The van der Waals surface area contributed by atoms with E-state index in [1.54, 1.807) is 6.92 Å². The molecule has 0 saturated carbocycles. The van der Waals surface area contributed by atoms with Gasteiger partial charge in [0.2, 0.25) is 11.9 Å². The maximum Gasteiger partial charge on any atom is 0.339 e. The Labute approximate surface area is 85.3 Å². The zero-order valence-corrected chi connectivity index (χ0v) is 8.02. The summed E-state index contributed by atoms with van der Waals surface area (Å²) in [5.74, 6) is -1.45. The topological polar surface area (TPSA) is 118 Å². The summed E-state index contributed by atoms with van der Waals surface area (Å²) in [6.45, 7) is 1.45. The SMILES string of the molecule is Cc1nc(NCC(N)=O)ncc1C(=O)O. The van der Waals surface area contributed by atoms with Gasteiger partial charge in [-0.2, -0.15) is 0 Å². The van der Waals surface area contributed by atoms with E-state index >= 15 is 0 Å². The third kappa shape index (κ3) is 2.90. The van der Waals surface area contributed by atoms with Gasteiger partial charge in [-0.25, -0.2) is 14.8 Å². The van der Waals surface area contributed by atoms with Crippen LogP contribution < -0.4 is 11.1 Å². The number of nitrogens with zero attached hydrogens (tertiary/aromatic N) is 2. The lowest BCUT2D eigenvalue weighted by molar-refractivity contribution is -0.116. The van der Waals surface area contributed by atoms with E-state index in [0.717, 1.165) is 0 Å². The zero-order chi connectivity index (χ0) is 11.4. The van der Waals surface area contributed by atoms with Gasteiger partial charge < -0.3 is 16.2 Å². The Morgan fingerprint density at radius 2 is 2.27 bits per heavy atom. The number of carboxylic acids is 1. The molecule has 15 heavy (non-hydrogen) atoms. The molecule has 0 aromatic carbocycles. The van der Waals surface area contributed by atoms with Crippen LogP contribution in [0.1, 0.15) is 16.1 Å². The van der Waals surface area contributed by atoms with Crippen molar-refractivity contribution in [2.75, 3.05) is 11.9 Å². The quantitative estimate of drug-likeness (QED) is 0.609. The number of carboxylic acid groups (broad SMARTS) is 1. The number of amides is 1. The Morgan fingerprint density at radius 3 is 2.73 bits per heavy atom. The van der Waals surface area contributed by atoms with E-state index in [1.807, 2.05) is 0 Å². The highest BCUT2D eigenvalue weighted by molar-refractivity contribution is 5.88. The van der Waals surface area contributed by atoms with Crippen LogP contribution in [0.15, 0.2) is 6.20 Å². The van der Waals surface area contributed by atoms with E-state index in [-0.39, 0.29) is 18.1 Å². The van der Waals surface area contributed by atoms with Crippen molar-refractivity contribution in [3.8, 4) is 0 Å². The van der Waals surface area contributed by atoms with Crippen LogP contribution in [0.5, 0.6) is 0 Å². The molecule has 1 aromatic rings. The second-order valence-corrected chi connectivity index (χ2v) is 2.82. The number of aromatic nitrogens is 2. The molecule has 7 heteroatoms. The van der Waals surface area contributed by atoms with E-state index in [2.05, 4.69) is 15.3 Å². The minimum Gasteiger partial charge on any atom is -0.478 e. The number of hydrogen-bond donors (Lipinski definition) is 3. The molecule has 0 radical (unpaired) electrons. The Kier molecular flexibility index (Phi) is 3.17. The highest BCUT2D eigenvalue weighted by atomic mass is 16.4. The highest BCUT2D eigenvalue weighted by Crippen LogP contribution is 2.06. The van der Waals surface area contributed by atoms with Crippen LogP contribution in [0.25, 0.3) is 0 Å². The van der Waals surface area contributed by atoms with E-state index in [1.165, 1.54) is 6.20 Å². The maximum absolute atomic E-state index is 10.6. The molecule has 4 N–H and O–H groups in total. The summed E-state index contributed by atoms with van der Waals surface area (Å²) in [6, 6.07) is 0. The van der Waals surface area contributed by atoms with Gasteiger partial charge in [0.25, 0.3) is 0 Å². The summed E-state index contributed by atoms with van der Waals surface area (Å²) in [5.41, 5.74) is 5.26. The summed E-state index contributed by atoms with van der Waals surface area (Å²) in [4.78, 5) is 28.6. The summed E-state index contributed by atoms with van der Waals surface area (Å²) < 4.78 is 0. The lowest BCUT2D eigenvalue weighted by atomic mass is 10.2. The molecule has 0 aliphatic rings. The smallest absolute Gasteiger partial charge is 0.339 e. The molecule has 1 rings (SSSR count). The van der Waals surface area contributed by atoms with Gasteiger partial charge in [-0.15, -0.1) is 0 Å². The number of nitrogens with one attached hydrogen (secondary N) is 1. The van der Waals surface area contributed by atoms with Crippen molar-refractivity contribution >= 4 is 17.8 Å². The number of rotatable bonds is 4. The molecule has 1 amide bonds. The minimum absolute atomic E-state index is 0.0274. The molecule has 1 aromatic heterocycles. The van der Waals surface area contributed by atoms with Crippen molar-refractivity contribution in [2.24, 2.45) is 5.73 Å². The number of hydrogen-bond acceptors (Lipinski definition) is 5. The second-order valence-electron chi connectivity index (χ2n) is 2.82. The van der Waals surface area contributed by atoms with Crippen molar-refractivity contribution in [3.63, 3.8) is 0 Å². The second kappa shape index (κ2) is 4.36. The third-order valence-electron chi connectivity index (χ3n) is 1.63. The number of aryl methyl sites for hydroxylation is 1. The maximum atomic E-state index is 10.6. The van der Waals surface area contributed by atoms with E-state index in [0.29, 0.717) is 5.69 Å². The van der Waals surface area contributed by atoms with Crippen molar-refractivity contribution in [1.82, 2.24) is 9.97 Å². The number of anilines is 1. The van der Waals surface area contributed by atoms with Crippen LogP contribution in [0, 0.1) is 6.92 Å². The van der Waals surface area contributed by atoms with E-state index in [9.17, 15) is 9.59 Å². The lowest BCUT2D eigenvalue weighted by Gasteiger charge is -2.04. The van der Waals surface area contributed by atoms with Crippen LogP contribution >= 0.6 is 0 Å². The van der Waals surface area contributed by atoms with Gasteiger partial charge in [0.1, 0.15) is 0 Å². The molecule has 0 saturated heterocycles. The lowest BCUT2D eigenvalue weighted by Crippen LogP contribution is -2.23. The summed E-state index contributed by atoms with van der Waals surface area (Å²) in [7, 11) is 0. The molecule has 0 atom stereocenters. The first-order chi connectivity index (χ1) is 7.00. The molecule has 0 bridgehead atoms. The van der Waals surface area contributed by atoms with Crippen molar-refractivity contribution in [1.29, 1.82) is 0 Å². The fourth-order valence-corrected chi connectivity index (χ4v) is 0.928. The molecule has 1 heterocycles. The van der Waals surface area contributed by atoms with Crippen molar-refractivity contribution < 1.29 is 14.7 Å². The van der Waals surface area contributed by atoms with Gasteiger partial charge in [0, 0.05) is 6.20 Å². The summed E-state index contributed by atoms with van der Waals surface area (Å²) in [6.07, 6.45) is 1.17. The number of nitrogens with two attached hydrogens (primary N) is 1. The molecule has 80 valence electrons. The largest absolute Gasteiger partial charge is 0.478 e. The van der Waals surface area contributed by atoms with E-state index < -0.39 is 11.9 Å². The summed E-state index contributed by atoms with van der Waals surface area (Å²) >= 11 is 0. The third-order valence-corrected chi connectivity index (χ3v) is 1.63. The van der Waals surface area contributed by atoms with Gasteiger partial charge in [-0.3, -0.25) is 4.79 Å². The molecule has 0 unspecified atom stereocenters. The van der Waals surface area contributed by atoms with Gasteiger partial charge in [-0.1, -0.05) is 0 Å². The van der Waals surface area contributed by atoms with Crippen LogP contribution in [-0.4, -0.2) is 33.5 Å². The first-order valence-corrected chi connectivity index (χ1v) is 4.10. The molecule has 0 spiro atoms. The zero-order valence-electron chi connectivity index (χ0n) is 8.02. The predicted molar refractivity (Wildman–Crippen MR) is 51.4 cm³/mol. The van der Waals surface area contributed by atoms with Crippen molar-refractivity contribution in [3.05, 3.63) is 17.5 Å². The number of aromatic carboxylic acids is 1. The fourth-order valence-electron chi connectivity index (χ4n) is 0.928. The standard InChI is InChI=1S/C8H10N4O3/c1-4-5(7(14)15)2-10-8(12-4)11-3-6(9)13/h2H,3H2,1H3,(H2,9,13)(H,14,15)(H,10,11,12). The van der Waals surface area contributed by atoms with Gasteiger partial charge in [-0.05, 0) is 6.92 Å². The molecule has 7 nitrogen and oxygen atoms in total. The molecule has 0 aliphatic carbocycles. The van der Waals surface area contributed by atoms with Crippen LogP contribution in [-0.2, 0) is 4.79 Å². The van der Waals surface area contributed by atoms with Gasteiger partial charge in [0.15, 0.2) is 0 Å². The molecular formula is C8H10N4O3. The monoisotopic (exact) mass is 210 g/mol.